The van der Waals surface area contributed by atoms with E-state index in [4.69, 9.17) is 9.47 Å². The molecule has 0 radical (unpaired) electrons. The number of H-pyrrole nitrogens is 1. The molecule has 0 aliphatic heterocycles. The second-order valence-electron chi connectivity index (χ2n) is 10.4. The van der Waals surface area contributed by atoms with Gasteiger partial charge < -0.3 is 19.8 Å². The second-order valence-corrected chi connectivity index (χ2v) is 10.4. The number of carbonyl (C=O) groups is 2. The summed E-state index contributed by atoms with van der Waals surface area (Å²) < 4.78 is 10.1. The average molecular weight is 504 g/mol. The highest BCUT2D eigenvalue weighted by molar-refractivity contribution is 5.87. The highest BCUT2D eigenvalue weighted by atomic mass is 16.6. The van der Waals surface area contributed by atoms with Gasteiger partial charge in [0.05, 0.1) is 7.11 Å². The van der Waals surface area contributed by atoms with Crippen molar-refractivity contribution in [1.82, 2.24) is 15.2 Å². The smallest absolute Gasteiger partial charge is 0.407 e. The van der Waals surface area contributed by atoms with Crippen LogP contribution in [-0.4, -0.2) is 54.3 Å². The number of para-hydroxylation sites is 1. The number of benzene rings is 2. The summed E-state index contributed by atoms with van der Waals surface area (Å²) in [5, 5.41) is 4.17. The van der Waals surface area contributed by atoms with E-state index in [1.54, 1.807) is 6.08 Å². The summed E-state index contributed by atoms with van der Waals surface area (Å²) in [5.74, 6) is -0.362. The molecule has 0 fully saturated rings. The molecule has 4 rings (SSSR count). The summed E-state index contributed by atoms with van der Waals surface area (Å²) in [4.78, 5) is 29.5. The number of carbonyl (C=O) groups excluding carboxylic acids is 2. The summed E-state index contributed by atoms with van der Waals surface area (Å²) in [6.45, 7) is 7.69. The van der Waals surface area contributed by atoms with Crippen LogP contribution in [0.25, 0.3) is 17.0 Å². The quantitative estimate of drug-likeness (QED) is 0.301. The van der Waals surface area contributed by atoms with Crippen LogP contribution in [0.2, 0.25) is 0 Å². The van der Waals surface area contributed by atoms with Crippen molar-refractivity contribution >= 4 is 29.0 Å². The molecule has 0 saturated carbocycles. The number of nitrogens with one attached hydrogen (secondary N) is 2. The van der Waals surface area contributed by atoms with Gasteiger partial charge in [-0.15, -0.1) is 0 Å². The van der Waals surface area contributed by atoms with Crippen molar-refractivity contribution in [1.29, 1.82) is 0 Å². The third-order valence-corrected chi connectivity index (χ3v) is 6.68. The highest BCUT2D eigenvalue weighted by Gasteiger charge is 2.28. The molecule has 1 aromatic heterocycles. The zero-order valence-corrected chi connectivity index (χ0v) is 22.2. The lowest BCUT2D eigenvalue weighted by Gasteiger charge is -2.30. The Morgan fingerprint density at radius 2 is 1.97 bits per heavy atom. The lowest BCUT2D eigenvalue weighted by Crippen LogP contribution is -2.39. The summed E-state index contributed by atoms with van der Waals surface area (Å²) in [5.41, 5.74) is 5.52. The molecule has 37 heavy (non-hydrogen) atoms. The topological polar surface area (TPSA) is 83.7 Å². The van der Waals surface area contributed by atoms with Crippen molar-refractivity contribution < 1.29 is 19.1 Å². The van der Waals surface area contributed by atoms with Crippen LogP contribution in [0, 0.1) is 0 Å². The first-order chi connectivity index (χ1) is 17.7. The first-order valence-corrected chi connectivity index (χ1v) is 12.9. The van der Waals surface area contributed by atoms with Gasteiger partial charge in [0.15, 0.2) is 0 Å². The maximum absolute atomic E-state index is 12.2. The van der Waals surface area contributed by atoms with Gasteiger partial charge in [0.2, 0.25) is 0 Å². The van der Waals surface area contributed by atoms with Crippen LogP contribution in [-0.2, 0) is 27.1 Å². The van der Waals surface area contributed by atoms with Crippen LogP contribution in [0.4, 0.5) is 4.79 Å². The van der Waals surface area contributed by atoms with Crippen LogP contribution in [0.5, 0.6) is 0 Å². The fourth-order valence-corrected chi connectivity index (χ4v) is 4.97. The van der Waals surface area contributed by atoms with E-state index in [1.807, 2.05) is 32.9 Å². The highest BCUT2D eigenvalue weighted by Crippen LogP contribution is 2.36. The molecule has 1 heterocycles. The number of ether oxygens (including phenoxy) is 2. The fourth-order valence-electron chi connectivity index (χ4n) is 4.97. The number of methoxy groups -OCH3 is 1. The Morgan fingerprint density at radius 1 is 1.16 bits per heavy atom. The minimum absolute atomic E-state index is 0.263. The molecule has 0 bridgehead atoms. The maximum atomic E-state index is 12.2. The summed E-state index contributed by atoms with van der Waals surface area (Å²) in [6, 6.07) is 15.0. The van der Waals surface area contributed by atoms with Crippen molar-refractivity contribution in [3.63, 3.8) is 0 Å². The molecule has 2 aromatic carbocycles. The van der Waals surface area contributed by atoms with E-state index >= 15 is 0 Å². The zero-order valence-electron chi connectivity index (χ0n) is 22.2. The number of hydrogen-bond donors (Lipinski definition) is 2. The number of rotatable bonds is 9. The Hall–Kier alpha value is -3.58. The number of hydrogen-bond acceptors (Lipinski definition) is 5. The Kier molecular flexibility index (Phi) is 8.34. The lowest BCUT2D eigenvalue weighted by atomic mass is 10.0. The normalized spacial score (nSPS) is 15.3. The molecule has 1 atom stereocenters. The first-order valence-electron chi connectivity index (χ1n) is 12.9. The molecule has 3 aromatic rings. The van der Waals surface area contributed by atoms with E-state index in [-0.39, 0.29) is 12.0 Å². The van der Waals surface area contributed by atoms with Crippen LogP contribution in [0.1, 0.15) is 55.5 Å². The monoisotopic (exact) mass is 503 g/mol. The molecule has 0 saturated heterocycles. The van der Waals surface area contributed by atoms with E-state index in [1.165, 1.54) is 35.3 Å². The molecular weight excluding hydrogens is 466 g/mol. The van der Waals surface area contributed by atoms with Gasteiger partial charge in [0.1, 0.15) is 5.60 Å². The molecule has 1 aliphatic carbocycles. The number of nitrogens with zero attached hydrogens (tertiary/aromatic N) is 1. The van der Waals surface area contributed by atoms with E-state index in [2.05, 4.69) is 51.7 Å². The Bertz CT molecular complexity index is 1270. The van der Waals surface area contributed by atoms with Gasteiger partial charge in [0, 0.05) is 48.9 Å². The van der Waals surface area contributed by atoms with E-state index in [9.17, 15) is 9.59 Å². The molecule has 2 N–H and O–H groups in total. The predicted octanol–water partition coefficient (Wildman–Crippen LogP) is 5.41. The van der Waals surface area contributed by atoms with Crippen molar-refractivity contribution in [2.24, 2.45) is 0 Å². The molecule has 7 heteroatoms. The largest absolute Gasteiger partial charge is 0.466 e. The number of aryl methyl sites for hydroxylation is 1. The molecule has 7 nitrogen and oxygen atoms in total. The van der Waals surface area contributed by atoms with Gasteiger partial charge in [-0.2, -0.15) is 0 Å². The van der Waals surface area contributed by atoms with Crippen LogP contribution >= 0.6 is 0 Å². The number of alkyl carbamates (subject to hydrolysis) is 1. The fraction of sp³-hybridized carbons (Fsp3) is 0.400. The van der Waals surface area contributed by atoms with E-state index in [0.717, 1.165) is 43.4 Å². The Labute approximate surface area is 218 Å². The van der Waals surface area contributed by atoms with Crippen molar-refractivity contribution in [2.45, 2.75) is 51.7 Å². The van der Waals surface area contributed by atoms with E-state index in [0.29, 0.717) is 6.54 Å². The van der Waals surface area contributed by atoms with Gasteiger partial charge >= 0.3 is 12.1 Å². The lowest BCUT2D eigenvalue weighted by molar-refractivity contribution is -0.134. The third kappa shape index (κ3) is 7.01. The third-order valence-electron chi connectivity index (χ3n) is 6.68. The molecule has 1 aliphatic rings. The van der Waals surface area contributed by atoms with Gasteiger partial charge in [0.25, 0.3) is 0 Å². The summed E-state index contributed by atoms with van der Waals surface area (Å²) in [6.07, 6.45) is 7.84. The summed E-state index contributed by atoms with van der Waals surface area (Å²) >= 11 is 0. The number of aromatic amines is 1. The van der Waals surface area contributed by atoms with Gasteiger partial charge in [-0.05, 0) is 74.4 Å². The van der Waals surface area contributed by atoms with Crippen LogP contribution in [0.15, 0.2) is 54.7 Å². The number of amides is 1. The Morgan fingerprint density at radius 3 is 2.76 bits per heavy atom. The van der Waals surface area contributed by atoms with Gasteiger partial charge in [-0.1, -0.05) is 36.4 Å². The SMILES string of the molecule is COC(=O)/C=C/c1ccc2c(c1)CCC2N(CCNC(=O)OC(C)(C)C)CCc1c[nH]c2ccccc12. The first kappa shape index (κ1) is 26.5. The average Bonchev–Trinajstić information content (AvgIpc) is 3.47. The Balaban J connectivity index is 1.48. The maximum Gasteiger partial charge on any atom is 0.407 e. The standard InChI is InChI=1S/C30H37N3O4/c1-30(2,3)37-29(35)31-16-18-33(17-15-23-20-32-26-8-6-5-7-24(23)26)27-13-11-22-19-21(9-12-25(22)27)10-14-28(34)36-4/h5-10,12,14,19-20,27,32H,11,13,15-18H2,1-4H3,(H,31,35)/b14-10+. The second kappa shape index (κ2) is 11.6. The minimum atomic E-state index is -0.524. The number of fused-ring (bicyclic) bond motifs is 2. The minimum Gasteiger partial charge on any atom is -0.466 e. The van der Waals surface area contributed by atoms with Crippen molar-refractivity contribution in [3.8, 4) is 0 Å². The number of aromatic nitrogens is 1. The predicted molar refractivity (Wildman–Crippen MR) is 146 cm³/mol. The van der Waals surface area contributed by atoms with Gasteiger partial charge in [-0.25, -0.2) is 9.59 Å². The molecule has 1 unspecified atom stereocenters. The van der Waals surface area contributed by atoms with Crippen LogP contribution in [0.3, 0.4) is 0 Å². The van der Waals surface area contributed by atoms with Gasteiger partial charge in [-0.3, -0.25) is 4.90 Å². The molecule has 0 spiro atoms. The molecule has 196 valence electrons. The van der Waals surface area contributed by atoms with Crippen molar-refractivity contribution in [3.05, 3.63) is 77.0 Å². The van der Waals surface area contributed by atoms with Crippen molar-refractivity contribution in [2.75, 3.05) is 26.7 Å². The molecule has 1 amide bonds. The number of esters is 1. The zero-order chi connectivity index (χ0) is 26.4. The molecular formula is C30H37N3O4. The summed E-state index contributed by atoms with van der Waals surface area (Å²) in [7, 11) is 1.38. The van der Waals surface area contributed by atoms with E-state index < -0.39 is 11.7 Å². The van der Waals surface area contributed by atoms with Crippen LogP contribution < -0.4 is 5.32 Å².